The highest BCUT2D eigenvalue weighted by atomic mass is 32.2. The second-order valence-electron chi connectivity index (χ2n) is 5.36. The number of aromatic nitrogens is 2. The number of nitrogens with zero attached hydrogens (tertiary/aromatic N) is 2. The van der Waals surface area contributed by atoms with E-state index in [0.29, 0.717) is 0 Å². The Balaban J connectivity index is 3.11. The number of rotatable bonds is 5. The van der Waals surface area contributed by atoms with E-state index in [1.54, 1.807) is 0 Å². The minimum atomic E-state index is 0.0131. The van der Waals surface area contributed by atoms with Crippen LogP contribution in [0.2, 0.25) is 0 Å². The van der Waals surface area contributed by atoms with Gasteiger partial charge in [-0.2, -0.15) is 11.8 Å². The fourth-order valence-corrected chi connectivity index (χ4v) is 2.45. The summed E-state index contributed by atoms with van der Waals surface area (Å²) in [5.74, 6) is 3.07. The van der Waals surface area contributed by atoms with Gasteiger partial charge in [0.2, 0.25) is 0 Å². The van der Waals surface area contributed by atoms with Crippen molar-refractivity contribution in [1.29, 1.82) is 0 Å². The Labute approximate surface area is 109 Å². The van der Waals surface area contributed by atoms with Gasteiger partial charge in [-0.1, -0.05) is 6.92 Å². The van der Waals surface area contributed by atoms with Crippen molar-refractivity contribution in [3.8, 4) is 0 Å². The molecule has 0 aliphatic rings. The molecule has 0 aliphatic heterocycles. The molecule has 4 heteroatoms. The third-order valence-corrected chi connectivity index (χ3v) is 3.36. The van der Waals surface area contributed by atoms with Crippen molar-refractivity contribution in [2.24, 2.45) is 0 Å². The Morgan fingerprint density at radius 3 is 2.41 bits per heavy atom. The summed E-state index contributed by atoms with van der Waals surface area (Å²) in [5, 5.41) is 0. The van der Waals surface area contributed by atoms with Gasteiger partial charge in [-0.3, -0.25) is 0 Å². The lowest BCUT2D eigenvalue weighted by atomic mass is 10.1. The van der Waals surface area contributed by atoms with Crippen LogP contribution in [-0.4, -0.2) is 21.6 Å². The molecule has 0 unspecified atom stereocenters. The van der Waals surface area contributed by atoms with E-state index in [9.17, 15) is 0 Å². The summed E-state index contributed by atoms with van der Waals surface area (Å²) in [5.41, 5.74) is 7.33. The van der Waals surface area contributed by atoms with E-state index in [1.165, 1.54) is 0 Å². The van der Waals surface area contributed by atoms with Crippen LogP contribution in [-0.2, 0) is 18.4 Å². The zero-order chi connectivity index (χ0) is 13.1. The van der Waals surface area contributed by atoms with Crippen LogP contribution >= 0.6 is 11.8 Å². The Hall–Kier alpha value is -0.640. The second kappa shape index (κ2) is 5.80. The smallest absolute Gasteiger partial charge is 0.127 e. The molecular weight excluding hydrogens is 230 g/mol. The summed E-state index contributed by atoms with van der Waals surface area (Å²) in [6.45, 7) is 8.73. The molecule has 0 fully saturated rings. The Bertz CT molecular complexity index is 363. The molecule has 1 rings (SSSR count). The highest BCUT2D eigenvalue weighted by Gasteiger charge is 2.22. The lowest BCUT2D eigenvalue weighted by molar-refractivity contribution is 0.387. The average molecular weight is 255 g/mol. The van der Waals surface area contributed by atoms with E-state index in [2.05, 4.69) is 38.5 Å². The van der Waals surface area contributed by atoms with Gasteiger partial charge in [0.15, 0.2) is 0 Å². The predicted octanol–water partition coefficient (Wildman–Crippen LogP) is 3.08. The highest BCUT2D eigenvalue weighted by molar-refractivity contribution is 7.98. The average Bonchev–Trinajstić information content (AvgIpc) is 2.52. The van der Waals surface area contributed by atoms with Gasteiger partial charge in [0.25, 0.3) is 0 Å². The van der Waals surface area contributed by atoms with E-state index in [0.717, 1.165) is 42.4 Å². The summed E-state index contributed by atoms with van der Waals surface area (Å²) in [6.07, 6.45) is 5.19. The number of hydrogen-bond acceptors (Lipinski definition) is 3. The van der Waals surface area contributed by atoms with Gasteiger partial charge in [-0.15, -0.1) is 0 Å². The van der Waals surface area contributed by atoms with E-state index >= 15 is 0 Å². The topological polar surface area (TPSA) is 43.8 Å². The first kappa shape index (κ1) is 14.4. The normalized spacial score (nSPS) is 12.1. The summed E-state index contributed by atoms with van der Waals surface area (Å²) in [4.78, 5) is 4.73. The van der Waals surface area contributed by atoms with Crippen LogP contribution in [0.5, 0.6) is 0 Å². The van der Waals surface area contributed by atoms with Crippen molar-refractivity contribution < 1.29 is 0 Å². The van der Waals surface area contributed by atoms with E-state index in [1.807, 2.05) is 11.8 Å². The van der Waals surface area contributed by atoms with Crippen molar-refractivity contribution in [2.75, 3.05) is 17.7 Å². The molecule has 0 amide bonds. The fourth-order valence-electron chi connectivity index (χ4n) is 2.05. The molecule has 1 aromatic rings. The SMILES string of the molecule is CCCc1nc(CCSC)c(N)n1C(C)(C)C. The van der Waals surface area contributed by atoms with E-state index < -0.39 is 0 Å². The minimum absolute atomic E-state index is 0.0131. The minimum Gasteiger partial charge on any atom is -0.384 e. The van der Waals surface area contributed by atoms with Crippen LogP contribution in [0.4, 0.5) is 5.82 Å². The molecule has 3 nitrogen and oxygen atoms in total. The molecular formula is C13H25N3S. The molecule has 0 spiro atoms. The first-order chi connectivity index (χ1) is 7.91. The summed E-state index contributed by atoms with van der Waals surface area (Å²) in [7, 11) is 0. The Kier molecular flexibility index (Phi) is 4.92. The van der Waals surface area contributed by atoms with Crippen molar-refractivity contribution in [2.45, 2.75) is 52.5 Å². The first-order valence-electron chi connectivity index (χ1n) is 6.27. The molecule has 0 atom stereocenters. The standard InChI is InChI=1S/C13H25N3S/c1-6-7-11-15-10(8-9-17-5)12(14)16(11)13(2,3)4/h6-9,14H2,1-5H3. The second-order valence-corrected chi connectivity index (χ2v) is 6.34. The molecule has 17 heavy (non-hydrogen) atoms. The van der Waals surface area contributed by atoms with Crippen molar-refractivity contribution in [3.63, 3.8) is 0 Å². The Morgan fingerprint density at radius 2 is 1.94 bits per heavy atom. The number of nitrogens with two attached hydrogens (primary N) is 1. The third kappa shape index (κ3) is 3.41. The van der Waals surface area contributed by atoms with Crippen LogP contribution in [0, 0.1) is 0 Å². The third-order valence-electron chi connectivity index (χ3n) is 2.75. The van der Waals surface area contributed by atoms with Gasteiger partial charge in [0, 0.05) is 18.4 Å². The maximum Gasteiger partial charge on any atom is 0.127 e. The number of anilines is 1. The highest BCUT2D eigenvalue weighted by Crippen LogP contribution is 2.26. The zero-order valence-corrected chi connectivity index (χ0v) is 12.5. The lowest BCUT2D eigenvalue weighted by Crippen LogP contribution is -2.25. The van der Waals surface area contributed by atoms with Crippen LogP contribution in [0.15, 0.2) is 0 Å². The predicted molar refractivity (Wildman–Crippen MR) is 77.7 cm³/mol. The van der Waals surface area contributed by atoms with Gasteiger partial charge in [-0.25, -0.2) is 4.98 Å². The maximum atomic E-state index is 6.25. The largest absolute Gasteiger partial charge is 0.384 e. The molecule has 1 heterocycles. The molecule has 98 valence electrons. The number of imidazole rings is 1. The van der Waals surface area contributed by atoms with Gasteiger partial charge in [0.1, 0.15) is 11.6 Å². The van der Waals surface area contributed by atoms with Crippen LogP contribution < -0.4 is 5.73 Å². The number of thioether (sulfide) groups is 1. The summed E-state index contributed by atoms with van der Waals surface area (Å²) < 4.78 is 2.20. The first-order valence-corrected chi connectivity index (χ1v) is 7.66. The number of hydrogen-bond donors (Lipinski definition) is 1. The fraction of sp³-hybridized carbons (Fsp3) is 0.769. The van der Waals surface area contributed by atoms with Crippen molar-refractivity contribution >= 4 is 17.6 Å². The monoisotopic (exact) mass is 255 g/mol. The maximum absolute atomic E-state index is 6.25. The Morgan fingerprint density at radius 1 is 1.29 bits per heavy atom. The zero-order valence-electron chi connectivity index (χ0n) is 11.7. The van der Waals surface area contributed by atoms with Crippen LogP contribution in [0.1, 0.15) is 45.6 Å². The number of nitrogen functional groups attached to an aromatic ring is 1. The van der Waals surface area contributed by atoms with Gasteiger partial charge in [0.05, 0.1) is 5.69 Å². The molecule has 1 aromatic heterocycles. The molecule has 0 aliphatic carbocycles. The van der Waals surface area contributed by atoms with E-state index in [-0.39, 0.29) is 5.54 Å². The molecule has 0 radical (unpaired) electrons. The van der Waals surface area contributed by atoms with Gasteiger partial charge >= 0.3 is 0 Å². The molecule has 0 bridgehead atoms. The lowest BCUT2D eigenvalue weighted by Gasteiger charge is -2.25. The van der Waals surface area contributed by atoms with Crippen LogP contribution in [0.25, 0.3) is 0 Å². The van der Waals surface area contributed by atoms with Gasteiger partial charge < -0.3 is 10.3 Å². The quantitative estimate of drug-likeness (QED) is 0.879. The molecule has 0 aromatic carbocycles. The molecule has 2 N–H and O–H groups in total. The molecule has 0 saturated carbocycles. The van der Waals surface area contributed by atoms with Crippen molar-refractivity contribution in [3.05, 3.63) is 11.5 Å². The molecule has 0 saturated heterocycles. The number of aryl methyl sites for hydroxylation is 2. The van der Waals surface area contributed by atoms with Crippen molar-refractivity contribution in [1.82, 2.24) is 9.55 Å². The van der Waals surface area contributed by atoms with Crippen LogP contribution in [0.3, 0.4) is 0 Å². The van der Waals surface area contributed by atoms with Gasteiger partial charge in [-0.05, 0) is 39.2 Å². The van der Waals surface area contributed by atoms with E-state index in [4.69, 9.17) is 10.7 Å². The summed E-state index contributed by atoms with van der Waals surface area (Å²) in [6, 6.07) is 0. The summed E-state index contributed by atoms with van der Waals surface area (Å²) >= 11 is 1.84.